The Morgan fingerprint density at radius 3 is 2.75 bits per heavy atom. The molecule has 1 aliphatic rings. The van der Waals surface area contributed by atoms with Crippen molar-refractivity contribution in [1.82, 2.24) is 15.5 Å². The van der Waals surface area contributed by atoms with E-state index >= 15 is 0 Å². The third-order valence-electron chi connectivity index (χ3n) is 3.80. The molecule has 0 aliphatic carbocycles. The van der Waals surface area contributed by atoms with Gasteiger partial charge in [-0.15, -0.1) is 0 Å². The number of amides is 1. The van der Waals surface area contributed by atoms with E-state index in [1.54, 1.807) is 0 Å². The second kappa shape index (κ2) is 8.21. The molecule has 2 N–H and O–H groups in total. The SMILES string of the molecule is CCC(C)C(NC(=O)CN1CCN[C@@H](C)C1)C(=O)OC. The van der Waals surface area contributed by atoms with Crippen LogP contribution in [0.5, 0.6) is 0 Å². The predicted molar refractivity (Wildman–Crippen MR) is 77.3 cm³/mol. The predicted octanol–water partition coefficient (Wildman–Crippen LogP) is -0.0160. The van der Waals surface area contributed by atoms with Crippen molar-refractivity contribution in [2.45, 2.75) is 39.3 Å². The lowest BCUT2D eigenvalue weighted by molar-refractivity contribution is -0.146. The molecule has 1 saturated heterocycles. The second-order valence-electron chi connectivity index (χ2n) is 5.54. The molecule has 0 aromatic heterocycles. The van der Waals surface area contributed by atoms with Crippen LogP contribution in [0.15, 0.2) is 0 Å². The van der Waals surface area contributed by atoms with Gasteiger partial charge >= 0.3 is 5.97 Å². The number of nitrogens with zero attached hydrogens (tertiary/aromatic N) is 1. The fourth-order valence-corrected chi connectivity index (χ4v) is 2.37. The molecule has 116 valence electrons. The van der Waals surface area contributed by atoms with Gasteiger partial charge in [-0.25, -0.2) is 4.79 Å². The number of carbonyl (C=O) groups excluding carboxylic acids is 2. The number of ether oxygens (including phenoxy) is 1. The summed E-state index contributed by atoms with van der Waals surface area (Å²) in [5.74, 6) is -0.426. The fourth-order valence-electron chi connectivity index (χ4n) is 2.37. The van der Waals surface area contributed by atoms with Crippen LogP contribution < -0.4 is 10.6 Å². The zero-order valence-electron chi connectivity index (χ0n) is 12.9. The largest absolute Gasteiger partial charge is 0.467 e. The van der Waals surface area contributed by atoms with E-state index in [2.05, 4.69) is 22.5 Å². The molecule has 1 amide bonds. The van der Waals surface area contributed by atoms with Gasteiger partial charge in [0.1, 0.15) is 6.04 Å². The van der Waals surface area contributed by atoms with Gasteiger partial charge in [-0.05, 0) is 12.8 Å². The molecule has 3 atom stereocenters. The van der Waals surface area contributed by atoms with Gasteiger partial charge in [0.15, 0.2) is 0 Å². The third-order valence-corrected chi connectivity index (χ3v) is 3.80. The molecular formula is C14H27N3O3. The maximum Gasteiger partial charge on any atom is 0.328 e. The molecule has 0 saturated carbocycles. The highest BCUT2D eigenvalue weighted by molar-refractivity contribution is 5.85. The van der Waals surface area contributed by atoms with Gasteiger partial charge in [0.2, 0.25) is 5.91 Å². The van der Waals surface area contributed by atoms with Crippen molar-refractivity contribution in [2.75, 3.05) is 33.3 Å². The van der Waals surface area contributed by atoms with Crippen LogP contribution in [0.4, 0.5) is 0 Å². The summed E-state index contributed by atoms with van der Waals surface area (Å²) in [5.41, 5.74) is 0. The topological polar surface area (TPSA) is 70.7 Å². The molecule has 0 bridgehead atoms. The second-order valence-corrected chi connectivity index (χ2v) is 5.54. The van der Waals surface area contributed by atoms with E-state index in [0.717, 1.165) is 26.1 Å². The van der Waals surface area contributed by atoms with Gasteiger partial charge in [0, 0.05) is 25.7 Å². The van der Waals surface area contributed by atoms with Crippen molar-refractivity contribution < 1.29 is 14.3 Å². The lowest BCUT2D eigenvalue weighted by Crippen LogP contribution is -2.54. The molecule has 1 fully saturated rings. The molecule has 6 nitrogen and oxygen atoms in total. The molecule has 20 heavy (non-hydrogen) atoms. The third kappa shape index (κ3) is 5.09. The van der Waals surface area contributed by atoms with Crippen LogP contribution in [0.3, 0.4) is 0 Å². The van der Waals surface area contributed by atoms with Gasteiger partial charge in [0.05, 0.1) is 13.7 Å². The Hall–Kier alpha value is -1.14. The van der Waals surface area contributed by atoms with Crippen LogP contribution in [0.2, 0.25) is 0 Å². The zero-order valence-corrected chi connectivity index (χ0v) is 12.9. The van der Waals surface area contributed by atoms with Gasteiger partial charge in [-0.2, -0.15) is 0 Å². The molecule has 6 heteroatoms. The Morgan fingerprint density at radius 2 is 2.20 bits per heavy atom. The maximum atomic E-state index is 12.1. The summed E-state index contributed by atoms with van der Waals surface area (Å²) in [6.07, 6.45) is 0.810. The zero-order chi connectivity index (χ0) is 15.1. The Bertz CT molecular complexity index is 336. The van der Waals surface area contributed by atoms with Gasteiger partial charge < -0.3 is 15.4 Å². The van der Waals surface area contributed by atoms with E-state index in [1.165, 1.54) is 7.11 Å². The molecule has 1 heterocycles. The van der Waals surface area contributed by atoms with Crippen molar-refractivity contribution in [3.05, 3.63) is 0 Å². The lowest BCUT2D eigenvalue weighted by Gasteiger charge is -2.32. The van der Waals surface area contributed by atoms with Gasteiger partial charge in [0.25, 0.3) is 0 Å². The summed E-state index contributed by atoms with van der Waals surface area (Å²) in [6.45, 7) is 8.94. The summed E-state index contributed by atoms with van der Waals surface area (Å²) < 4.78 is 4.77. The number of piperazine rings is 1. The minimum absolute atomic E-state index is 0.0633. The molecule has 2 unspecified atom stereocenters. The number of nitrogens with one attached hydrogen (secondary N) is 2. The first kappa shape index (κ1) is 16.9. The van der Waals surface area contributed by atoms with E-state index < -0.39 is 6.04 Å². The summed E-state index contributed by atoms with van der Waals surface area (Å²) in [7, 11) is 1.35. The normalized spacial score (nSPS) is 22.9. The molecular weight excluding hydrogens is 258 g/mol. The molecule has 0 radical (unpaired) electrons. The molecule has 0 spiro atoms. The van der Waals surface area contributed by atoms with E-state index in [-0.39, 0.29) is 17.8 Å². The van der Waals surface area contributed by atoms with Crippen LogP contribution in [0.25, 0.3) is 0 Å². The molecule has 0 aromatic rings. The summed E-state index contributed by atoms with van der Waals surface area (Å²) in [5, 5.41) is 6.14. The van der Waals surface area contributed by atoms with Crippen molar-refractivity contribution in [1.29, 1.82) is 0 Å². The van der Waals surface area contributed by atoms with Crippen LogP contribution in [-0.2, 0) is 14.3 Å². The first-order valence-corrected chi connectivity index (χ1v) is 7.30. The van der Waals surface area contributed by atoms with Crippen LogP contribution in [-0.4, -0.2) is 62.1 Å². The highest BCUT2D eigenvalue weighted by atomic mass is 16.5. The molecule has 0 aromatic carbocycles. The summed E-state index contributed by atoms with van der Waals surface area (Å²) in [4.78, 5) is 25.9. The summed E-state index contributed by atoms with van der Waals surface area (Å²) in [6, 6.07) is -0.166. The van der Waals surface area contributed by atoms with Crippen molar-refractivity contribution >= 4 is 11.9 Å². The van der Waals surface area contributed by atoms with Gasteiger partial charge in [-0.1, -0.05) is 20.3 Å². The fraction of sp³-hybridized carbons (Fsp3) is 0.857. The van der Waals surface area contributed by atoms with E-state index in [1.807, 2.05) is 13.8 Å². The molecule has 1 rings (SSSR count). The van der Waals surface area contributed by atoms with Crippen LogP contribution >= 0.6 is 0 Å². The highest BCUT2D eigenvalue weighted by Gasteiger charge is 2.27. The van der Waals surface area contributed by atoms with Crippen molar-refractivity contribution in [3.63, 3.8) is 0 Å². The minimum atomic E-state index is -0.558. The first-order valence-electron chi connectivity index (χ1n) is 7.30. The first-order chi connectivity index (χ1) is 9.47. The van der Waals surface area contributed by atoms with Crippen molar-refractivity contribution in [2.24, 2.45) is 5.92 Å². The Balaban J connectivity index is 2.50. The standard InChI is InChI=1S/C14H27N3O3/c1-5-10(2)13(14(19)20-4)16-12(18)9-17-7-6-15-11(3)8-17/h10-11,13,15H,5-9H2,1-4H3,(H,16,18)/t10?,11-,13?/m0/s1. The monoisotopic (exact) mass is 285 g/mol. The number of methoxy groups -OCH3 is 1. The Kier molecular flexibility index (Phi) is 6.95. The van der Waals surface area contributed by atoms with Crippen molar-refractivity contribution in [3.8, 4) is 0 Å². The van der Waals surface area contributed by atoms with E-state index in [0.29, 0.717) is 12.6 Å². The lowest BCUT2D eigenvalue weighted by atomic mass is 9.99. The Morgan fingerprint density at radius 1 is 1.50 bits per heavy atom. The number of hydrogen-bond donors (Lipinski definition) is 2. The highest BCUT2D eigenvalue weighted by Crippen LogP contribution is 2.09. The van der Waals surface area contributed by atoms with E-state index in [4.69, 9.17) is 4.74 Å². The summed E-state index contributed by atoms with van der Waals surface area (Å²) >= 11 is 0. The number of esters is 1. The maximum absolute atomic E-state index is 12.1. The smallest absolute Gasteiger partial charge is 0.328 e. The average molecular weight is 285 g/mol. The van der Waals surface area contributed by atoms with Crippen LogP contribution in [0.1, 0.15) is 27.2 Å². The minimum Gasteiger partial charge on any atom is -0.467 e. The number of hydrogen-bond acceptors (Lipinski definition) is 5. The Labute approximate surface area is 121 Å². The van der Waals surface area contributed by atoms with Crippen LogP contribution in [0, 0.1) is 5.92 Å². The van der Waals surface area contributed by atoms with Gasteiger partial charge in [-0.3, -0.25) is 9.69 Å². The van der Waals surface area contributed by atoms with E-state index in [9.17, 15) is 9.59 Å². The number of rotatable bonds is 6. The number of carbonyl (C=O) groups is 2. The molecule has 1 aliphatic heterocycles. The average Bonchev–Trinajstić information content (AvgIpc) is 2.43. The quantitative estimate of drug-likeness (QED) is 0.671.